The van der Waals surface area contributed by atoms with Crippen molar-refractivity contribution in [2.45, 2.75) is 13.0 Å². The summed E-state index contributed by atoms with van der Waals surface area (Å²) in [7, 11) is 1.57. The zero-order valence-electron chi connectivity index (χ0n) is 9.52. The summed E-state index contributed by atoms with van der Waals surface area (Å²) in [6.07, 6.45) is -1.05. The van der Waals surface area contributed by atoms with Gasteiger partial charge in [0.15, 0.2) is 0 Å². The lowest BCUT2D eigenvalue weighted by Gasteiger charge is -2.18. The van der Waals surface area contributed by atoms with Gasteiger partial charge < -0.3 is 20.0 Å². The smallest absolute Gasteiger partial charge is 0.323 e. The number of H-pyrrole nitrogens is 2. The van der Waals surface area contributed by atoms with Gasteiger partial charge in [-0.15, -0.1) is 0 Å². The molecule has 2 rings (SSSR count). The van der Waals surface area contributed by atoms with Crippen LogP contribution in [-0.4, -0.2) is 34.1 Å². The summed E-state index contributed by atoms with van der Waals surface area (Å²) in [5.74, 6) is -0.401. The van der Waals surface area contributed by atoms with E-state index in [2.05, 4.69) is 9.97 Å². The van der Waals surface area contributed by atoms with Crippen LogP contribution in [0.1, 0.15) is 6.92 Å². The van der Waals surface area contributed by atoms with Gasteiger partial charge in [0.2, 0.25) is 0 Å². The minimum absolute atomic E-state index is 0.290. The number of aliphatic hydroxyl groups is 1. The maximum absolute atomic E-state index is 11.6. The molecule has 6 heteroatoms. The average molecular weight is 235 g/mol. The topological polar surface area (TPSA) is 89.2 Å². The number of imidazole rings is 1. The number of hydrogen-bond acceptors (Lipinski definition) is 3. The first kappa shape index (κ1) is 11.4. The van der Waals surface area contributed by atoms with Crippen LogP contribution in [0.3, 0.4) is 0 Å². The normalized spacial score (nSPS) is 12.6. The van der Waals surface area contributed by atoms with Crippen molar-refractivity contribution < 1.29 is 9.90 Å². The fraction of sp³-hybridized carbons (Fsp3) is 0.273. The molecule has 0 aliphatic rings. The van der Waals surface area contributed by atoms with Crippen molar-refractivity contribution >= 4 is 22.6 Å². The van der Waals surface area contributed by atoms with Crippen LogP contribution in [0.2, 0.25) is 0 Å². The van der Waals surface area contributed by atoms with Gasteiger partial charge in [0.25, 0.3) is 5.91 Å². The molecule has 1 aromatic heterocycles. The van der Waals surface area contributed by atoms with Crippen LogP contribution < -0.4 is 10.6 Å². The molecule has 0 spiro atoms. The zero-order chi connectivity index (χ0) is 12.6. The van der Waals surface area contributed by atoms with E-state index in [0.29, 0.717) is 16.7 Å². The standard InChI is InChI=1S/C11H13N3O3/c1-6(15)10(16)14(2)7-3-4-8-9(5-7)13-11(17)12-8/h3-6,15H,1-2H3,(H2,12,13,17). The van der Waals surface area contributed by atoms with Gasteiger partial charge in [-0.2, -0.15) is 0 Å². The van der Waals surface area contributed by atoms with Crippen LogP contribution in [0.25, 0.3) is 11.0 Å². The van der Waals surface area contributed by atoms with Crippen LogP contribution in [0, 0.1) is 0 Å². The van der Waals surface area contributed by atoms with E-state index < -0.39 is 12.0 Å². The molecule has 1 aromatic carbocycles. The number of aromatic nitrogens is 2. The van der Waals surface area contributed by atoms with Gasteiger partial charge in [0.05, 0.1) is 11.0 Å². The Kier molecular flexibility index (Phi) is 2.72. The van der Waals surface area contributed by atoms with Crippen molar-refractivity contribution in [2.75, 3.05) is 11.9 Å². The highest BCUT2D eigenvalue weighted by Gasteiger charge is 2.16. The average Bonchev–Trinajstić information content (AvgIpc) is 2.65. The van der Waals surface area contributed by atoms with Crippen molar-refractivity contribution in [3.05, 3.63) is 28.7 Å². The SMILES string of the molecule is CC(O)C(=O)N(C)c1ccc2[nH]c(=O)[nH]c2c1. The molecule has 0 bridgehead atoms. The molecular weight excluding hydrogens is 222 g/mol. The Hall–Kier alpha value is -2.08. The first-order valence-electron chi connectivity index (χ1n) is 5.16. The third-order valence-corrected chi connectivity index (χ3v) is 2.57. The maximum atomic E-state index is 11.6. The predicted molar refractivity (Wildman–Crippen MR) is 64.0 cm³/mol. The summed E-state index contributed by atoms with van der Waals surface area (Å²) < 4.78 is 0. The summed E-state index contributed by atoms with van der Waals surface area (Å²) in [6.45, 7) is 1.41. The number of carbonyl (C=O) groups is 1. The van der Waals surface area contributed by atoms with E-state index >= 15 is 0 Å². The number of nitrogens with one attached hydrogen (secondary N) is 2. The van der Waals surface area contributed by atoms with E-state index in [0.717, 1.165) is 0 Å². The fourth-order valence-corrected chi connectivity index (χ4v) is 1.64. The van der Waals surface area contributed by atoms with Gasteiger partial charge in [0, 0.05) is 12.7 Å². The van der Waals surface area contributed by atoms with E-state index in [1.54, 1.807) is 25.2 Å². The number of amides is 1. The van der Waals surface area contributed by atoms with Crippen molar-refractivity contribution in [2.24, 2.45) is 0 Å². The van der Waals surface area contributed by atoms with Crippen LogP contribution in [0.15, 0.2) is 23.0 Å². The number of benzene rings is 1. The lowest BCUT2D eigenvalue weighted by Crippen LogP contribution is -2.34. The number of carbonyl (C=O) groups excluding carboxylic acids is 1. The quantitative estimate of drug-likeness (QED) is 0.694. The molecule has 0 fully saturated rings. The largest absolute Gasteiger partial charge is 0.384 e. The number of aromatic amines is 2. The molecule has 0 saturated carbocycles. The van der Waals surface area contributed by atoms with Crippen molar-refractivity contribution in [1.82, 2.24) is 9.97 Å². The Morgan fingerprint density at radius 3 is 2.65 bits per heavy atom. The van der Waals surface area contributed by atoms with Gasteiger partial charge in [-0.3, -0.25) is 4.79 Å². The highest BCUT2D eigenvalue weighted by molar-refractivity contribution is 5.97. The maximum Gasteiger partial charge on any atom is 0.323 e. The molecule has 1 atom stereocenters. The second-order valence-electron chi connectivity index (χ2n) is 3.88. The van der Waals surface area contributed by atoms with Gasteiger partial charge in [-0.05, 0) is 25.1 Å². The van der Waals surface area contributed by atoms with Gasteiger partial charge in [0.1, 0.15) is 6.10 Å². The molecule has 1 amide bonds. The van der Waals surface area contributed by atoms with Crippen LogP contribution in [-0.2, 0) is 4.79 Å². The van der Waals surface area contributed by atoms with E-state index in [4.69, 9.17) is 0 Å². The molecule has 0 saturated heterocycles. The third-order valence-electron chi connectivity index (χ3n) is 2.57. The Bertz CT molecular complexity index is 612. The van der Waals surface area contributed by atoms with E-state index in [1.807, 2.05) is 0 Å². The van der Waals surface area contributed by atoms with E-state index in [1.165, 1.54) is 11.8 Å². The van der Waals surface area contributed by atoms with Gasteiger partial charge in [-0.1, -0.05) is 0 Å². The Balaban J connectivity index is 2.42. The van der Waals surface area contributed by atoms with Gasteiger partial charge >= 0.3 is 5.69 Å². The van der Waals surface area contributed by atoms with E-state index in [9.17, 15) is 14.7 Å². The van der Waals surface area contributed by atoms with Crippen molar-refractivity contribution in [3.8, 4) is 0 Å². The number of anilines is 1. The third kappa shape index (κ3) is 2.07. The summed E-state index contributed by atoms with van der Waals surface area (Å²) in [5, 5.41) is 9.21. The number of likely N-dealkylation sites (N-methyl/N-ethyl adjacent to an activating group) is 1. The molecule has 0 radical (unpaired) electrons. The predicted octanol–water partition coefficient (Wildman–Crippen LogP) is 0.200. The lowest BCUT2D eigenvalue weighted by molar-refractivity contribution is -0.125. The molecule has 1 heterocycles. The minimum Gasteiger partial charge on any atom is -0.384 e. The van der Waals surface area contributed by atoms with Crippen molar-refractivity contribution in [3.63, 3.8) is 0 Å². The first-order chi connectivity index (χ1) is 7.99. The van der Waals surface area contributed by atoms with E-state index in [-0.39, 0.29) is 5.69 Å². The Morgan fingerprint density at radius 1 is 1.35 bits per heavy atom. The molecule has 17 heavy (non-hydrogen) atoms. The van der Waals surface area contributed by atoms with Crippen LogP contribution in [0.5, 0.6) is 0 Å². The number of nitrogens with zero attached hydrogens (tertiary/aromatic N) is 1. The minimum atomic E-state index is -1.05. The number of aliphatic hydroxyl groups excluding tert-OH is 1. The highest BCUT2D eigenvalue weighted by Crippen LogP contribution is 2.18. The molecule has 3 N–H and O–H groups in total. The summed E-state index contributed by atoms with van der Waals surface area (Å²) in [5.41, 5.74) is 1.62. The Morgan fingerprint density at radius 2 is 2.00 bits per heavy atom. The molecule has 90 valence electrons. The van der Waals surface area contributed by atoms with Crippen LogP contribution in [0.4, 0.5) is 5.69 Å². The zero-order valence-corrected chi connectivity index (χ0v) is 9.52. The number of fused-ring (bicyclic) bond motifs is 1. The van der Waals surface area contributed by atoms with Gasteiger partial charge in [-0.25, -0.2) is 4.79 Å². The van der Waals surface area contributed by atoms with Crippen molar-refractivity contribution in [1.29, 1.82) is 0 Å². The highest BCUT2D eigenvalue weighted by atomic mass is 16.3. The Labute approximate surface area is 96.9 Å². The molecule has 1 unspecified atom stereocenters. The number of hydrogen-bond donors (Lipinski definition) is 3. The first-order valence-corrected chi connectivity index (χ1v) is 5.16. The second-order valence-corrected chi connectivity index (χ2v) is 3.88. The summed E-state index contributed by atoms with van der Waals surface area (Å²) >= 11 is 0. The molecular formula is C11H13N3O3. The summed E-state index contributed by atoms with van der Waals surface area (Å²) in [6, 6.07) is 5.08. The monoisotopic (exact) mass is 235 g/mol. The molecule has 0 aliphatic carbocycles. The fourth-order valence-electron chi connectivity index (χ4n) is 1.64. The van der Waals surface area contributed by atoms with Crippen LogP contribution >= 0.6 is 0 Å². The summed E-state index contributed by atoms with van der Waals surface area (Å²) in [4.78, 5) is 29.2. The lowest BCUT2D eigenvalue weighted by atomic mass is 10.2. The molecule has 2 aromatic rings. The molecule has 6 nitrogen and oxygen atoms in total. The number of rotatable bonds is 2. The molecule has 0 aliphatic heterocycles. The second kappa shape index (κ2) is 4.06.